The van der Waals surface area contributed by atoms with Crippen LogP contribution >= 0.6 is 0 Å². The lowest BCUT2D eigenvalue weighted by Crippen LogP contribution is -2.28. The SMILES string of the molecule is COCCOc1ccc(OS(=O)(=O)C(F)(F)F)c2ccccc12. The van der Waals surface area contributed by atoms with Crippen molar-refractivity contribution < 1.29 is 35.2 Å². The number of rotatable bonds is 6. The van der Waals surface area contributed by atoms with Crippen LogP contribution in [0.3, 0.4) is 0 Å². The summed E-state index contributed by atoms with van der Waals surface area (Å²) in [5.74, 6) is -0.0357. The van der Waals surface area contributed by atoms with Gasteiger partial charge in [0.15, 0.2) is 5.75 Å². The molecule has 0 heterocycles. The second kappa shape index (κ2) is 6.63. The quantitative estimate of drug-likeness (QED) is 0.455. The van der Waals surface area contributed by atoms with Crippen LogP contribution < -0.4 is 8.92 Å². The fourth-order valence-electron chi connectivity index (χ4n) is 1.84. The van der Waals surface area contributed by atoms with Crippen LogP contribution in [0.4, 0.5) is 13.2 Å². The molecule has 2 rings (SSSR count). The number of hydrogen-bond donors (Lipinski definition) is 0. The van der Waals surface area contributed by atoms with Gasteiger partial charge in [0.1, 0.15) is 12.4 Å². The van der Waals surface area contributed by atoms with Crippen molar-refractivity contribution in [3.05, 3.63) is 36.4 Å². The van der Waals surface area contributed by atoms with Crippen LogP contribution in [0, 0.1) is 0 Å². The predicted molar refractivity (Wildman–Crippen MR) is 76.9 cm³/mol. The minimum Gasteiger partial charge on any atom is -0.491 e. The molecule has 126 valence electrons. The first kappa shape index (κ1) is 17.4. The number of alkyl halides is 3. The molecule has 0 saturated carbocycles. The first-order valence-corrected chi connectivity index (χ1v) is 7.81. The maximum absolute atomic E-state index is 12.5. The lowest BCUT2D eigenvalue weighted by molar-refractivity contribution is -0.0499. The van der Waals surface area contributed by atoms with Gasteiger partial charge in [-0.25, -0.2) is 0 Å². The molecule has 0 saturated heterocycles. The van der Waals surface area contributed by atoms with Gasteiger partial charge in [0.2, 0.25) is 0 Å². The lowest BCUT2D eigenvalue weighted by Gasteiger charge is -2.14. The van der Waals surface area contributed by atoms with Gasteiger partial charge < -0.3 is 13.7 Å². The summed E-state index contributed by atoms with van der Waals surface area (Å²) in [6.45, 7) is 0.566. The second-order valence-electron chi connectivity index (χ2n) is 4.43. The van der Waals surface area contributed by atoms with Gasteiger partial charge in [-0.3, -0.25) is 0 Å². The molecule has 0 aliphatic heterocycles. The van der Waals surface area contributed by atoms with Crippen LogP contribution in [0.25, 0.3) is 10.8 Å². The number of benzene rings is 2. The molecule has 0 aromatic heterocycles. The third-order valence-corrected chi connectivity index (χ3v) is 3.84. The minimum absolute atomic E-state index is 0.190. The van der Waals surface area contributed by atoms with Crippen LogP contribution in [-0.2, 0) is 14.9 Å². The maximum Gasteiger partial charge on any atom is 0.534 e. The smallest absolute Gasteiger partial charge is 0.491 e. The molecule has 0 fully saturated rings. The molecule has 2 aromatic rings. The summed E-state index contributed by atoms with van der Waals surface area (Å²) in [6, 6.07) is 8.69. The van der Waals surface area contributed by atoms with E-state index in [0.717, 1.165) is 6.07 Å². The lowest BCUT2D eigenvalue weighted by atomic mass is 10.1. The van der Waals surface area contributed by atoms with Gasteiger partial charge >= 0.3 is 15.6 Å². The van der Waals surface area contributed by atoms with E-state index in [-0.39, 0.29) is 12.0 Å². The van der Waals surface area contributed by atoms with Crippen LogP contribution in [0.2, 0.25) is 0 Å². The Kier molecular flexibility index (Phi) is 5.00. The third-order valence-electron chi connectivity index (χ3n) is 2.87. The summed E-state index contributed by atoms with van der Waals surface area (Å²) in [4.78, 5) is 0. The highest BCUT2D eigenvalue weighted by Gasteiger charge is 2.48. The van der Waals surface area contributed by atoms with E-state index in [9.17, 15) is 21.6 Å². The summed E-state index contributed by atoms with van der Waals surface area (Å²) >= 11 is 0. The Hall–Kier alpha value is -2.00. The Bertz CT molecular complexity index is 787. The summed E-state index contributed by atoms with van der Waals surface area (Å²) in [6.07, 6.45) is 0. The van der Waals surface area contributed by atoms with Crippen molar-refractivity contribution >= 4 is 20.9 Å². The highest BCUT2D eigenvalue weighted by atomic mass is 32.2. The van der Waals surface area contributed by atoms with E-state index in [1.807, 2.05) is 0 Å². The predicted octanol–water partition coefficient (Wildman–Crippen LogP) is 3.09. The molecule has 0 radical (unpaired) electrons. The summed E-state index contributed by atoms with van der Waals surface area (Å²) in [5.41, 5.74) is -5.50. The number of hydrogen-bond acceptors (Lipinski definition) is 5. The number of fused-ring (bicyclic) bond motifs is 1. The fraction of sp³-hybridized carbons (Fsp3) is 0.286. The van der Waals surface area contributed by atoms with Crippen molar-refractivity contribution in [1.82, 2.24) is 0 Å². The Balaban J connectivity index is 2.42. The van der Waals surface area contributed by atoms with E-state index in [1.54, 1.807) is 18.2 Å². The molecule has 0 N–H and O–H groups in total. The average Bonchev–Trinajstić information content (AvgIpc) is 2.48. The van der Waals surface area contributed by atoms with Crippen molar-refractivity contribution in [3.63, 3.8) is 0 Å². The van der Waals surface area contributed by atoms with Crippen LogP contribution in [0.15, 0.2) is 36.4 Å². The fourth-order valence-corrected chi connectivity index (χ4v) is 2.32. The molecule has 0 unspecified atom stereocenters. The zero-order valence-corrected chi connectivity index (χ0v) is 12.8. The van der Waals surface area contributed by atoms with Gasteiger partial charge in [-0.15, -0.1) is 0 Å². The van der Waals surface area contributed by atoms with Crippen LogP contribution in [0.5, 0.6) is 11.5 Å². The molecule has 5 nitrogen and oxygen atoms in total. The molecule has 0 aliphatic rings. The number of methoxy groups -OCH3 is 1. The molecular weight excluding hydrogens is 337 g/mol. The summed E-state index contributed by atoms with van der Waals surface area (Å²) in [7, 11) is -4.24. The van der Waals surface area contributed by atoms with E-state index in [2.05, 4.69) is 4.18 Å². The molecule has 0 bridgehead atoms. The van der Waals surface area contributed by atoms with Gasteiger partial charge in [-0.05, 0) is 12.1 Å². The van der Waals surface area contributed by atoms with E-state index in [4.69, 9.17) is 9.47 Å². The van der Waals surface area contributed by atoms with Crippen molar-refractivity contribution in [3.8, 4) is 11.5 Å². The van der Waals surface area contributed by atoms with Crippen molar-refractivity contribution in [1.29, 1.82) is 0 Å². The molecule has 2 aromatic carbocycles. The van der Waals surface area contributed by atoms with Crippen molar-refractivity contribution in [2.75, 3.05) is 20.3 Å². The van der Waals surface area contributed by atoms with Gasteiger partial charge in [0.25, 0.3) is 0 Å². The number of halogens is 3. The molecule has 0 amide bonds. The van der Waals surface area contributed by atoms with E-state index in [0.29, 0.717) is 17.7 Å². The Morgan fingerprint density at radius 1 is 0.957 bits per heavy atom. The molecule has 23 heavy (non-hydrogen) atoms. The first-order chi connectivity index (χ1) is 10.8. The Labute approximate surface area is 130 Å². The van der Waals surface area contributed by atoms with Gasteiger partial charge in [-0.2, -0.15) is 21.6 Å². The van der Waals surface area contributed by atoms with E-state index in [1.165, 1.54) is 19.2 Å². The van der Waals surface area contributed by atoms with Gasteiger partial charge in [-0.1, -0.05) is 24.3 Å². The maximum atomic E-state index is 12.5. The van der Waals surface area contributed by atoms with Crippen LogP contribution in [-0.4, -0.2) is 34.2 Å². The first-order valence-electron chi connectivity index (χ1n) is 6.40. The Morgan fingerprint density at radius 3 is 2.09 bits per heavy atom. The van der Waals surface area contributed by atoms with E-state index >= 15 is 0 Å². The molecule has 0 spiro atoms. The number of ether oxygens (including phenoxy) is 2. The molecule has 0 aliphatic carbocycles. The topological polar surface area (TPSA) is 61.8 Å². The Morgan fingerprint density at radius 2 is 1.52 bits per heavy atom. The second-order valence-corrected chi connectivity index (χ2v) is 5.97. The standard InChI is InChI=1S/C14H13F3O5S/c1-20-8-9-21-12-6-7-13(11-5-3-2-4-10(11)12)22-23(18,19)14(15,16)17/h2-7H,8-9H2,1H3. The van der Waals surface area contributed by atoms with Crippen LogP contribution in [0.1, 0.15) is 0 Å². The average molecular weight is 350 g/mol. The molecule has 9 heteroatoms. The summed E-state index contributed by atoms with van der Waals surface area (Å²) < 4.78 is 74.2. The normalized spacial score (nSPS) is 12.3. The van der Waals surface area contributed by atoms with Crippen molar-refractivity contribution in [2.24, 2.45) is 0 Å². The highest BCUT2D eigenvalue weighted by molar-refractivity contribution is 7.88. The zero-order valence-electron chi connectivity index (χ0n) is 12.0. The highest BCUT2D eigenvalue weighted by Crippen LogP contribution is 2.36. The molecule has 0 atom stereocenters. The van der Waals surface area contributed by atoms with Gasteiger partial charge in [0.05, 0.1) is 6.61 Å². The minimum atomic E-state index is -5.74. The van der Waals surface area contributed by atoms with Gasteiger partial charge in [0, 0.05) is 17.9 Å². The van der Waals surface area contributed by atoms with E-state index < -0.39 is 21.4 Å². The largest absolute Gasteiger partial charge is 0.534 e. The monoisotopic (exact) mass is 350 g/mol. The third kappa shape index (κ3) is 3.85. The molecular formula is C14H13F3O5S. The van der Waals surface area contributed by atoms with Crippen molar-refractivity contribution in [2.45, 2.75) is 5.51 Å². The zero-order chi connectivity index (χ0) is 17.1. The summed E-state index contributed by atoms with van der Waals surface area (Å²) in [5, 5.41) is 0.619.